The number of rotatable bonds is 7. The van der Waals surface area contributed by atoms with Gasteiger partial charge in [-0.3, -0.25) is 0 Å². The van der Waals surface area contributed by atoms with Gasteiger partial charge in [0.15, 0.2) is 0 Å². The van der Waals surface area contributed by atoms with E-state index in [4.69, 9.17) is 0 Å². The monoisotopic (exact) mass is 156 g/mol. The lowest BCUT2D eigenvalue weighted by Crippen LogP contribution is -2.23. The summed E-state index contributed by atoms with van der Waals surface area (Å²) in [6.45, 7) is 10.3. The van der Waals surface area contributed by atoms with Crippen LogP contribution in [0.4, 0.5) is 0 Å². The highest BCUT2D eigenvalue weighted by Crippen LogP contribution is 1.99. The molecule has 1 radical (unpaired) electrons. The van der Waals surface area contributed by atoms with Crippen LogP contribution < -0.4 is 0 Å². The third-order valence-corrected chi connectivity index (χ3v) is 2.11. The van der Waals surface area contributed by atoms with E-state index in [1.54, 1.807) is 0 Å². The van der Waals surface area contributed by atoms with Gasteiger partial charge in [0.1, 0.15) is 0 Å². The Balaban J connectivity index is 3.07. The van der Waals surface area contributed by atoms with Crippen molar-refractivity contribution in [3.63, 3.8) is 0 Å². The molecule has 11 heavy (non-hydrogen) atoms. The predicted molar refractivity (Wildman–Crippen MR) is 51.6 cm³/mol. The van der Waals surface area contributed by atoms with E-state index in [9.17, 15) is 0 Å². The average molecular weight is 156 g/mol. The Morgan fingerprint density at radius 1 is 1.09 bits per heavy atom. The highest BCUT2D eigenvalue weighted by molar-refractivity contribution is 4.58. The lowest BCUT2D eigenvalue weighted by atomic mass is 10.2. The summed E-state index contributed by atoms with van der Waals surface area (Å²) in [6, 6.07) is 0. The van der Waals surface area contributed by atoms with E-state index in [1.165, 1.54) is 38.9 Å². The number of hydrogen-bond acceptors (Lipinski definition) is 1. The smallest absolute Gasteiger partial charge is 0.00190 e. The van der Waals surface area contributed by atoms with Crippen LogP contribution in [0, 0.1) is 6.42 Å². The number of hydrogen-bond donors (Lipinski definition) is 0. The Bertz CT molecular complexity index is 67.3. The molecule has 0 aliphatic heterocycles. The molecule has 0 aliphatic rings. The molecular formula is C10H22N. The van der Waals surface area contributed by atoms with Crippen LogP contribution in [0.1, 0.15) is 40.0 Å². The summed E-state index contributed by atoms with van der Waals surface area (Å²) in [6.07, 6.45) is 6.24. The zero-order valence-electron chi connectivity index (χ0n) is 8.27. The van der Waals surface area contributed by atoms with Crippen LogP contribution in [-0.2, 0) is 0 Å². The maximum atomic E-state index is 2.48. The van der Waals surface area contributed by atoms with Gasteiger partial charge in [0.05, 0.1) is 0 Å². The van der Waals surface area contributed by atoms with Crippen molar-refractivity contribution in [1.29, 1.82) is 0 Å². The van der Waals surface area contributed by atoms with E-state index in [0.29, 0.717) is 0 Å². The Kier molecular flexibility index (Phi) is 8.03. The molecule has 0 heterocycles. The molecule has 0 aromatic rings. The van der Waals surface area contributed by atoms with E-state index in [2.05, 4.69) is 32.1 Å². The fourth-order valence-electron chi connectivity index (χ4n) is 1.22. The van der Waals surface area contributed by atoms with Gasteiger partial charge in [-0.05, 0) is 32.5 Å². The van der Waals surface area contributed by atoms with Crippen molar-refractivity contribution in [2.24, 2.45) is 0 Å². The first-order valence-corrected chi connectivity index (χ1v) is 4.85. The molecule has 0 atom stereocenters. The first-order valence-electron chi connectivity index (χ1n) is 4.85. The van der Waals surface area contributed by atoms with Gasteiger partial charge in [-0.2, -0.15) is 0 Å². The van der Waals surface area contributed by atoms with Gasteiger partial charge in [0, 0.05) is 0 Å². The van der Waals surface area contributed by atoms with Gasteiger partial charge in [-0.1, -0.05) is 33.6 Å². The quantitative estimate of drug-likeness (QED) is 0.512. The first kappa shape index (κ1) is 11.0. The molecule has 67 valence electrons. The summed E-state index contributed by atoms with van der Waals surface area (Å²) < 4.78 is 0. The standard InChI is InChI=1S/C10H22N/c1-4-7-8-9-10-11(5-2)6-3/h4H,5-10H2,1-3H3. The molecule has 0 aromatic carbocycles. The van der Waals surface area contributed by atoms with E-state index in [1.807, 2.05) is 0 Å². The Hall–Kier alpha value is -0.0400. The minimum Gasteiger partial charge on any atom is -0.304 e. The first-order chi connectivity index (χ1) is 5.35. The molecule has 1 heteroatoms. The predicted octanol–water partition coefficient (Wildman–Crippen LogP) is 2.72. The summed E-state index contributed by atoms with van der Waals surface area (Å²) in [5, 5.41) is 0. The van der Waals surface area contributed by atoms with Crippen LogP contribution >= 0.6 is 0 Å². The molecule has 0 rings (SSSR count). The van der Waals surface area contributed by atoms with Crippen molar-refractivity contribution in [3.05, 3.63) is 6.42 Å². The van der Waals surface area contributed by atoms with Crippen LogP contribution in [-0.4, -0.2) is 24.5 Å². The molecule has 1 nitrogen and oxygen atoms in total. The largest absolute Gasteiger partial charge is 0.304 e. The second-order valence-electron chi connectivity index (χ2n) is 2.93. The molecule has 0 unspecified atom stereocenters. The molecule has 0 saturated heterocycles. The van der Waals surface area contributed by atoms with Gasteiger partial charge in [-0.25, -0.2) is 0 Å². The molecule has 0 spiro atoms. The minimum absolute atomic E-state index is 1.20. The molecule has 0 amide bonds. The zero-order valence-corrected chi connectivity index (χ0v) is 8.27. The second kappa shape index (κ2) is 8.06. The summed E-state index contributed by atoms with van der Waals surface area (Å²) in [7, 11) is 0. The topological polar surface area (TPSA) is 3.24 Å². The maximum absolute atomic E-state index is 2.48. The highest BCUT2D eigenvalue weighted by atomic mass is 15.1. The van der Waals surface area contributed by atoms with Crippen molar-refractivity contribution in [2.45, 2.75) is 40.0 Å². The molecule has 0 saturated carbocycles. The normalized spacial score (nSPS) is 10.9. The molecule has 0 N–H and O–H groups in total. The van der Waals surface area contributed by atoms with Gasteiger partial charge < -0.3 is 4.90 Å². The summed E-state index contributed by atoms with van der Waals surface area (Å²) in [4.78, 5) is 2.48. The third-order valence-electron chi connectivity index (χ3n) is 2.11. The van der Waals surface area contributed by atoms with Crippen molar-refractivity contribution < 1.29 is 0 Å². The SMILES string of the molecule is C[CH]CCCCN(CC)CC. The molecular weight excluding hydrogens is 134 g/mol. The van der Waals surface area contributed by atoms with Gasteiger partial charge in [0.25, 0.3) is 0 Å². The van der Waals surface area contributed by atoms with Gasteiger partial charge in [0.2, 0.25) is 0 Å². The number of unbranched alkanes of at least 4 members (excludes halogenated alkanes) is 3. The Morgan fingerprint density at radius 3 is 2.18 bits per heavy atom. The van der Waals surface area contributed by atoms with Crippen molar-refractivity contribution in [1.82, 2.24) is 4.90 Å². The summed E-state index contributed by atoms with van der Waals surface area (Å²) in [5.41, 5.74) is 0. The van der Waals surface area contributed by atoms with Crippen LogP contribution in [0.2, 0.25) is 0 Å². The third kappa shape index (κ3) is 6.36. The Morgan fingerprint density at radius 2 is 1.73 bits per heavy atom. The lowest BCUT2D eigenvalue weighted by molar-refractivity contribution is 0.297. The van der Waals surface area contributed by atoms with Crippen LogP contribution in [0.15, 0.2) is 0 Å². The second-order valence-corrected chi connectivity index (χ2v) is 2.93. The highest BCUT2D eigenvalue weighted by Gasteiger charge is 1.96. The van der Waals surface area contributed by atoms with E-state index >= 15 is 0 Å². The van der Waals surface area contributed by atoms with E-state index < -0.39 is 0 Å². The average Bonchev–Trinajstić information content (AvgIpc) is 2.05. The van der Waals surface area contributed by atoms with Gasteiger partial charge >= 0.3 is 0 Å². The maximum Gasteiger partial charge on any atom is -0.00190 e. The van der Waals surface area contributed by atoms with Crippen molar-refractivity contribution in [2.75, 3.05) is 19.6 Å². The lowest BCUT2D eigenvalue weighted by Gasteiger charge is -2.17. The van der Waals surface area contributed by atoms with Crippen LogP contribution in [0.25, 0.3) is 0 Å². The van der Waals surface area contributed by atoms with E-state index in [-0.39, 0.29) is 0 Å². The zero-order chi connectivity index (χ0) is 8.53. The minimum atomic E-state index is 1.20. The fraction of sp³-hybridized carbons (Fsp3) is 0.900. The van der Waals surface area contributed by atoms with Crippen LogP contribution in [0.5, 0.6) is 0 Å². The van der Waals surface area contributed by atoms with Crippen molar-refractivity contribution in [3.8, 4) is 0 Å². The molecule has 0 aromatic heterocycles. The summed E-state index contributed by atoms with van der Waals surface area (Å²) in [5.74, 6) is 0. The molecule has 0 bridgehead atoms. The fourth-order valence-corrected chi connectivity index (χ4v) is 1.22. The van der Waals surface area contributed by atoms with Gasteiger partial charge in [-0.15, -0.1) is 0 Å². The molecule has 0 aliphatic carbocycles. The number of nitrogens with zero attached hydrogens (tertiary/aromatic N) is 1. The van der Waals surface area contributed by atoms with Crippen LogP contribution in [0.3, 0.4) is 0 Å². The van der Waals surface area contributed by atoms with E-state index in [0.717, 1.165) is 0 Å². The van der Waals surface area contributed by atoms with Crippen molar-refractivity contribution >= 4 is 0 Å². The Labute approximate surface area is 71.8 Å². The summed E-state index contributed by atoms with van der Waals surface area (Å²) >= 11 is 0. The molecule has 0 fully saturated rings.